The highest BCUT2D eigenvalue weighted by atomic mass is 79.9. The lowest BCUT2D eigenvalue weighted by atomic mass is 10.2. The van der Waals surface area contributed by atoms with Gasteiger partial charge in [0.15, 0.2) is 0 Å². The molecule has 1 aromatic carbocycles. The smallest absolute Gasteiger partial charge is 0.133 e. The quantitative estimate of drug-likeness (QED) is 0.733. The molecule has 112 valence electrons. The maximum atomic E-state index is 5.83. The fourth-order valence-electron chi connectivity index (χ4n) is 2.01. The third-order valence-electron chi connectivity index (χ3n) is 3.12. The number of pyridine rings is 1. The van der Waals surface area contributed by atoms with Gasteiger partial charge in [0.05, 0.1) is 11.1 Å². The SMILES string of the molecule is CCCNCc1ccc(OCCc2cccnc2)c(Br)c1. The van der Waals surface area contributed by atoms with Crippen LogP contribution in [0, 0.1) is 0 Å². The average Bonchev–Trinajstić information content (AvgIpc) is 2.51. The zero-order valence-corrected chi connectivity index (χ0v) is 13.9. The summed E-state index contributed by atoms with van der Waals surface area (Å²) in [5.74, 6) is 0.887. The van der Waals surface area contributed by atoms with E-state index in [0.29, 0.717) is 6.61 Å². The van der Waals surface area contributed by atoms with Crippen molar-refractivity contribution in [3.05, 3.63) is 58.3 Å². The average molecular weight is 349 g/mol. The molecule has 0 unspecified atom stereocenters. The van der Waals surface area contributed by atoms with E-state index < -0.39 is 0 Å². The molecule has 1 heterocycles. The lowest BCUT2D eigenvalue weighted by molar-refractivity contribution is 0.319. The molecule has 2 aromatic rings. The van der Waals surface area contributed by atoms with Gasteiger partial charge >= 0.3 is 0 Å². The molecule has 0 aliphatic heterocycles. The summed E-state index contributed by atoms with van der Waals surface area (Å²) >= 11 is 3.58. The second kappa shape index (κ2) is 8.80. The first kappa shape index (κ1) is 16.0. The Kier molecular flexibility index (Phi) is 6.70. The zero-order valence-electron chi connectivity index (χ0n) is 12.3. The predicted octanol–water partition coefficient (Wildman–Crippen LogP) is 3.97. The molecule has 0 aliphatic rings. The van der Waals surface area contributed by atoms with E-state index in [2.05, 4.69) is 51.4 Å². The molecule has 0 aliphatic carbocycles. The van der Waals surface area contributed by atoms with Crippen molar-refractivity contribution in [1.82, 2.24) is 10.3 Å². The van der Waals surface area contributed by atoms with Crippen LogP contribution >= 0.6 is 15.9 Å². The molecule has 0 fully saturated rings. The maximum absolute atomic E-state index is 5.83. The number of rotatable bonds is 8. The molecule has 1 N–H and O–H groups in total. The zero-order chi connectivity index (χ0) is 14.9. The van der Waals surface area contributed by atoms with E-state index in [1.165, 1.54) is 11.1 Å². The lowest BCUT2D eigenvalue weighted by Gasteiger charge is -2.10. The summed E-state index contributed by atoms with van der Waals surface area (Å²) in [5, 5.41) is 3.39. The highest BCUT2D eigenvalue weighted by molar-refractivity contribution is 9.10. The molecule has 3 nitrogen and oxygen atoms in total. The fraction of sp³-hybridized carbons (Fsp3) is 0.353. The number of hydrogen-bond acceptors (Lipinski definition) is 3. The van der Waals surface area contributed by atoms with Gasteiger partial charge in [0.2, 0.25) is 0 Å². The van der Waals surface area contributed by atoms with Crippen LogP contribution in [0.3, 0.4) is 0 Å². The van der Waals surface area contributed by atoms with Crippen molar-refractivity contribution < 1.29 is 4.74 Å². The van der Waals surface area contributed by atoms with E-state index >= 15 is 0 Å². The van der Waals surface area contributed by atoms with Crippen molar-refractivity contribution in [3.63, 3.8) is 0 Å². The normalized spacial score (nSPS) is 10.6. The van der Waals surface area contributed by atoms with Crippen molar-refractivity contribution in [1.29, 1.82) is 0 Å². The van der Waals surface area contributed by atoms with Crippen molar-refractivity contribution in [2.45, 2.75) is 26.3 Å². The first-order chi connectivity index (χ1) is 10.3. The van der Waals surface area contributed by atoms with Crippen molar-refractivity contribution in [2.24, 2.45) is 0 Å². The van der Waals surface area contributed by atoms with Gasteiger partial charge in [-0.25, -0.2) is 0 Å². The predicted molar refractivity (Wildman–Crippen MR) is 89.6 cm³/mol. The molecule has 0 saturated carbocycles. The second-order valence-corrected chi connectivity index (χ2v) is 5.76. The van der Waals surface area contributed by atoms with Crippen LogP contribution in [0.25, 0.3) is 0 Å². The van der Waals surface area contributed by atoms with Gasteiger partial charge in [0.1, 0.15) is 5.75 Å². The van der Waals surface area contributed by atoms with Gasteiger partial charge in [-0.2, -0.15) is 0 Å². The van der Waals surface area contributed by atoms with Crippen LogP contribution in [-0.4, -0.2) is 18.1 Å². The minimum absolute atomic E-state index is 0.651. The summed E-state index contributed by atoms with van der Waals surface area (Å²) in [4.78, 5) is 4.10. The molecular formula is C17H21BrN2O. The Bertz CT molecular complexity index is 546. The van der Waals surface area contributed by atoms with Gasteiger partial charge < -0.3 is 10.1 Å². The molecule has 0 amide bonds. The Hall–Kier alpha value is -1.39. The monoisotopic (exact) mass is 348 g/mol. The van der Waals surface area contributed by atoms with E-state index in [1.807, 2.05) is 18.3 Å². The van der Waals surface area contributed by atoms with Crippen LogP contribution in [0.15, 0.2) is 47.2 Å². The van der Waals surface area contributed by atoms with Crippen molar-refractivity contribution >= 4 is 15.9 Å². The summed E-state index contributed by atoms with van der Waals surface area (Å²) < 4.78 is 6.83. The number of nitrogens with zero attached hydrogens (tertiary/aromatic N) is 1. The van der Waals surface area contributed by atoms with Gasteiger partial charge in [-0.3, -0.25) is 4.98 Å². The molecule has 1 aromatic heterocycles. The van der Waals surface area contributed by atoms with Gasteiger partial charge in [0.25, 0.3) is 0 Å². The first-order valence-corrected chi connectivity index (χ1v) is 8.09. The standard InChI is InChI=1S/C17H21BrN2O/c1-2-8-19-13-15-5-6-17(16(18)11-15)21-10-7-14-4-3-9-20-12-14/h3-6,9,11-12,19H,2,7-8,10,13H2,1H3. The maximum Gasteiger partial charge on any atom is 0.133 e. The summed E-state index contributed by atoms with van der Waals surface area (Å²) in [6.45, 7) is 4.75. The number of benzene rings is 1. The third-order valence-corrected chi connectivity index (χ3v) is 3.74. The highest BCUT2D eigenvalue weighted by Gasteiger charge is 2.03. The first-order valence-electron chi connectivity index (χ1n) is 7.30. The summed E-state index contributed by atoms with van der Waals surface area (Å²) in [6, 6.07) is 10.3. The van der Waals surface area contributed by atoms with E-state index in [-0.39, 0.29) is 0 Å². The van der Waals surface area contributed by atoms with Crippen molar-refractivity contribution in [3.8, 4) is 5.75 Å². The molecule has 2 rings (SSSR count). The fourth-order valence-corrected chi connectivity index (χ4v) is 2.55. The Labute approximate surface area is 134 Å². The van der Waals surface area contributed by atoms with Crippen LogP contribution in [-0.2, 0) is 13.0 Å². The highest BCUT2D eigenvalue weighted by Crippen LogP contribution is 2.26. The number of hydrogen-bond donors (Lipinski definition) is 1. The number of halogens is 1. The van der Waals surface area contributed by atoms with Crippen LogP contribution < -0.4 is 10.1 Å². The number of nitrogens with one attached hydrogen (secondary N) is 1. The lowest BCUT2D eigenvalue weighted by Crippen LogP contribution is -2.13. The van der Waals surface area contributed by atoms with E-state index in [1.54, 1.807) is 6.20 Å². The van der Waals surface area contributed by atoms with Gasteiger partial charge in [-0.1, -0.05) is 19.1 Å². The largest absolute Gasteiger partial charge is 0.492 e. The molecule has 0 radical (unpaired) electrons. The van der Waals surface area contributed by atoms with E-state index in [9.17, 15) is 0 Å². The Balaban J connectivity index is 1.83. The van der Waals surface area contributed by atoms with Crippen LogP contribution in [0.4, 0.5) is 0 Å². The van der Waals surface area contributed by atoms with Crippen LogP contribution in [0.1, 0.15) is 24.5 Å². The Morgan fingerprint density at radius 3 is 2.86 bits per heavy atom. The molecule has 0 saturated heterocycles. The van der Waals surface area contributed by atoms with Crippen LogP contribution in [0.2, 0.25) is 0 Å². The molecule has 0 atom stereocenters. The molecular weight excluding hydrogens is 328 g/mol. The number of ether oxygens (including phenoxy) is 1. The van der Waals surface area contributed by atoms with Crippen LogP contribution in [0.5, 0.6) is 5.75 Å². The summed E-state index contributed by atoms with van der Waals surface area (Å²) in [7, 11) is 0. The Morgan fingerprint density at radius 2 is 2.14 bits per heavy atom. The molecule has 4 heteroatoms. The second-order valence-electron chi connectivity index (χ2n) is 4.90. The van der Waals surface area contributed by atoms with E-state index in [4.69, 9.17) is 4.74 Å². The van der Waals surface area contributed by atoms with Crippen molar-refractivity contribution in [2.75, 3.05) is 13.2 Å². The minimum Gasteiger partial charge on any atom is -0.492 e. The summed E-state index contributed by atoms with van der Waals surface area (Å²) in [6.07, 6.45) is 5.67. The minimum atomic E-state index is 0.651. The number of aromatic nitrogens is 1. The molecule has 21 heavy (non-hydrogen) atoms. The molecule has 0 spiro atoms. The van der Waals surface area contributed by atoms with E-state index in [0.717, 1.165) is 36.2 Å². The Morgan fingerprint density at radius 1 is 1.24 bits per heavy atom. The topological polar surface area (TPSA) is 34.1 Å². The van der Waals surface area contributed by atoms with Gasteiger partial charge in [-0.15, -0.1) is 0 Å². The summed E-state index contributed by atoms with van der Waals surface area (Å²) in [5.41, 5.74) is 2.45. The third kappa shape index (κ3) is 5.48. The molecule has 0 bridgehead atoms. The van der Waals surface area contributed by atoms with Gasteiger partial charge in [-0.05, 0) is 58.2 Å². The van der Waals surface area contributed by atoms with Gasteiger partial charge in [0, 0.05) is 25.4 Å².